The van der Waals surface area contributed by atoms with Crippen molar-refractivity contribution < 1.29 is 18.7 Å². The second kappa shape index (κ2) is 5.61. The molecule has 2 aliphatic heterocycles. The first kappa shape index (κ1) is 16.5. The lowest BCUT2D eigenvalue weighted by molar-refractivity contribution is -0.120. The third kappa shape index (κ3) is 2.88. The Labute approximate surface area is 140 Å². The summed E-state index contributed by atoms with van der Waals surface area (Å²) in [7, 11) is 1.63. The number of halogens is 1. The number of amides is 2. The van der Waals surface area contributed by atoms with Gasteiger partial charge in [0.15, 0.2) is 5.82 Å². The molecule has 0 spiro atoms. The Morgan fingerprint density at radius 2 is 2.04 bits per heavy atom. The zero-order valence-corrected chi connectivity index (χ0v) is 14.2. The van der Waals surface area contributed by atoms with Crippen LogP contribution in [0.1, 0.15) is 20.8 Å². The van der Waals surface area contributed by atoms with Crippen LogP contribution < -0.4 is 9.80 Å². The van der Waals surface area contributed by atoms with Crippen LogP contribution in [0, 0.1) is 5.95 Å². The summed E-state index contributed by atoms with van der Waals surface area (Å²) < 4.78 is 18.9. The van der Waals surface area contributed by atoms with Gasteiger partial charge >= 0.3 is 6.09 Å². The molecule has 0 aromatic carbocycles. The van der Waals surface area contributed by atoms with E-state index in [1.165, 1.54) is 15.9 Å². The second-order valence-electron chi connectivity index (χ2n) is 7.01. The minimum atomic E-state index is -0.598. The maximum Gasteiger partial charge on any atom is 0.410 e. The number of carbonyl (C=O) groups excluding carboxylic acids is 2. The Morgan fingerprint density at radius 1 is 1.33 bits per heavy atom. The molecule has 7 nitrogen and oxygen atoms in total. The van der Waals surface area contributed by atoms with E-state index in [0.717, 1.165) is 0 Å². The summed E-state index contributed by atoms with van der Waals surface area (Å²) in [5, 5.41) is 0. The number of hydrogen-bond donors (Lipinski definition) is 0. The number of ether oxygens (including phenoxy) is 1. The Bertz CT molecular complexity index is 688. The van der Waals surface area contributed by atoms with Crippen LogP contribution in [-0.4, -0.2) is 60.2 Å². The van der Waals surface area contributed by atoms with E-state index in [1.807, 2.05) is 0 Å². The number of anilines is 2. The largest absolute Gasteiger partial charge is 0.444 e. The van der Waals surface area contributed by atoms with E-state index in [0.29, 0.717) is 24.6 Å². The maximum atomic E-state index is 13.5. The normalized spacial score (nSPS) is 20.6. The molecule has 130 valence electrons. The highest BCUT2D eigenvalue weighted by atomic mass is 19.1. The first-order valence-electron chi connectivity index (χ1n) is 7.86. The van der Waals surface area contributed by atoms with Crippen LogP contribution in [0.15, 0.2) is 12.1 Å². The van der Waals surface area contributed by atoms with Crippen molar-refractivity contribution in [1.29, 1.82) is 0 Å². The van der Waals surface area contributed by atoms with Crippen molar-refractivity contribution in [2.45, 2.75) is 32.4 Å². The summed E-state index contributed by atoms with van der Waals surface area (Å²) in [6.07, 6.45) is -0.449. The molecule has 8 heteroatoms. The van der Waals surface area contributed by atoms with Crippen molar-refractivity contribution in [1.82, 2.24) is 9.88 Å². The number of hydrogen-bond acceptors (Lipinski definition) is 5. The van der Waals surface area contributed by atoms with Crippen LogP contribution >= 0.6 is 0 Å². The van der Waals surface area contributed by atoms with E-state index in [9.17, 15) is 14.0 Å². The molecule has 3 rings (SSSR count). The molecule has 3 heterocycles. The molecule has 1 aromatic rings. The summed E-state index contributed by atoms with van der Waals surface area (Å²) >= 11 is 0. The van der Waals surface area contributed by atoms with Gasteiger partial charge in [0.1, 0.15) is 11.6 Å². The fraction of sp³-hybridized carbons (Fsp3) is 0.562. The predicted molar refractivity (Wildman–Crippen MR) is 86.5 cm³/mol. The SMILES string of the molecule is CN1C(=O)C2CN(C(=O)OC(C)(C)C)CCN2c2nc(F)ccc21. The Hall–Kier alpha value is -2.38. The zero-order valence-electron chi connectivity index (χ0n) is 14.2. The number of fused-ring (bicyclic) bond motifs is 3. The standard InChI is InChI=1S/C16H21FN4O3/c1-16(2,3)24-15(23)20-7-8-21-11(9-20)14(22)19(4)10-5-6-12(17)18-13(10)21/h5-6,11H,7-9H2,1-4H3. The average molecular weight is 336 g/mol. The Morgan fingerprint density at radius 3 is 2.71 bits per heavy atom. The minimum Gasteiger partial charge on any atom is -0.444 e. The lowest BCUT2D eigenvalue weighted by atomic mass is 10.1. The van der Waals surface area contributed by atoms with Gasteiger partial charge in [0.25, 0.3) is 5.91 Å². The average Bonchev–Trinajstić information content (AvgIpc) is 2.50. The molecule has 1 fully saturated rings. The van der Waals surface area contributed by atoms with Gasteiger partial charge in [-0.1, -0.05) is 0 Å². The highest BCUT2D eigenvalue weighted by Gasteiger charge is 2.42. The number of aromatic nitrogens is 1. The molecule has 0 N–H and O–H groups in total. The molecular formula is C16H21FN4O3. The molecule has 1 saturated heterocycles. The fourth-order valence-electron chi connectivity index (χ4n) is 2.97. The Balaban J connectivity index is 1.85. The molecule has 2 amide bonds. The van der Waals surface area contributed by atoms with Crippen molar-refractivity contribution in [2.24, 2.45) is 0 Å². The summed E-state index contributed by atoms with van der Waals surface area (Å²) in [4.78, 5) is 33.6. The molecule has 0 saturated carbocycles. The Kier molecular flexibility index (Phi) is 3.85. The van der Waals surface area contributed by atoms with Crippen molar-refractivity contribution in [2.75, 3.05) is 36.5 Å². The van der Waals surface area contributed by atoms with E-state index in [2.05, 4.69) is 4.98 Å². The number of pyridine rings is 1. The summed E-state index contributed by atoms with van der Waals surface area (Å²) in [5.74, 6) is -0.306. The first-order chi connectivity index (χ1) is 11.2. The molecule has 0 aliphatic carbocycles. The van der Waals surface area contributed by atoms with Crippen molar-refractivity contribution in [3.8, 4) is 0 Å². The van der Waals surface area contributed by atoms with E-state index in [4.69, 9.17) is 4.74 Å². The number of carbonyl (C=O) groups is 2. The summed E-state index contributed by atoms with van der Waals surface area (Å²) in [5.41, 5.74) is -0.0258. The number of rotatable bonds is 0. The number of likely N-dealkylation sites (N-methyl/N-ethyl adjacent to an activating group) is 1. The van der Waals surface area contributed by atoms with Gasteiger partial charge in [-0.05, 0) is 32.9 Å². The van der Waals surface area contributed by atoms with Gasteiger partial charge < -0.3 is 19.4 Å². The lowest BCUT2D eigenvalue weighted by Crippen LogP contribution is -2.63. The number of nitrogens with zero attached hydrogens (tertiary/aromatic N) is 4. The van der Waals surface area contributed by atoms with Crippen LogP contribution in [0.5, 0.6) is 0 Å². The van der Waals surface area contributed by atoms with Gasteiger partial charge in [0.2, 0.25) is 5.95 Å². The number of piperazine rings is 1. The third-order valence-electron chi connectivity index (χ3n) is 4.10. The highest BCUT2D eigenvalue weighted by Crippen LogP contribution is 2.35. The minimum absolute atomic E-state index is 0.149. The van der Waals surface area contributed by atoms with Crippen molar-refractivity contribution >= 4 is 23.5 Å². The highest BCUT2D eigenvalue weighted by molar-refractivity contribution is 6.04. The molecule has 2 aliphatic rings. The van der Waals surface area contributed by atoms with Crippen molar-refractivity contribution in [3.63, 3.8) is 0 Å². The van der Waals surface area contributed by atoms with Crippen LogP contribution in [0.4, 0.5) is 20.7 Å². The molecule has 0 radical (unpaired) electrons. The van der Waals surface area contributed by atoms with E-state index < -0.39 is 23.7 Å². The smallest absolute Gasteiger partial charge is 0.410 e. The molecule has 24 heavy (non-hydrogen) atoms. The molecule has 1 atom stereocenters. The second-order valence-corrected chi connectivity index (χ2v) is 7.01. The van der Waals surface area contributed by atoms with Gasteiger partial charge in [0, 0.05) is 20.1 Å². The summed E-state index contributed by atoms with van der Waals surface area (Å²) in [6, 6.07) is 2.20. The van der Waals surface area contributed by atoms with Crippen LogP contribution in [0.2, 0.25) is 0 Å². The van der Waals surface area contributed by atoms with Gasteiger partial charge in [-0.15, -0.1) is 0 Å². The van der Waals surface area contributed by atoms with E-state index >= 15 is 0 Å². The van der Waals surface area contributed by atoms with Gasteiger partial charge in [-0.2, -0.15) is 4.39 Å². The van der Waals surface area contributed by atoms with Crippen molar-refractivity contribution in [3.05, 3.63) is 18.1 Å². The first-order valence-corrected chi connectivity index (χ1v) is 7.86. The van der Waals surface area contributed by atoms with Crippen LogP contribution in [0.25, 0.3) is 0 Å². The molecule has 1 unspecified atom stereocenters. The van der Waals surface area contributed by atoms with Crippen LogP contribution in [-0.2, 0) is 9.53 Å². The quantitative estimate of drug-likeness (QED) is 0.674. The van der Waals surface area contributed by atoms with Crippen LogP contribution in [0.3, 0.4) is 0 Å². The molecular weight excluding hydrogens is 315 g/mol. The fourth-order valence-corrected chi connectivity index (χ4v) is 2.97. The van der Waals surface area contributed by atoms with Gasteiger partial charge in [-0.25, -0.2) is 9.78 Å². The maximum absolute atomic E-state index is 13.5. The van der Waals surface area contributed by atoms with E-state index in [-0.39, 0.29) is 12.5 Å². The van der Waals surface area contributed by atoms with Gasteiger partial charge in [-0.3, -0.25) is 4.79 Å². The van der Waals surface area contributed by atoms with E-state index in [1.54, 1.807) is 38.8 Å². The molecule has 1 aromatic heterocycles. The summed E-state index contributed by atoms with van der Waals surface area (Å²) in [6.45, 7) is 6.36. The zero-order chi connectivity index (χ0) is 17.6. The topological polar surface area (TPSA) is 66.0 Å². The lowest BCUT2D eigenvalue weighted by Gasteiger charge is -2.46. The predicted octanol–water partition coefficient (Wildman–Crippen LogP) is 1.62. The molecule has 0 bridgehead atoms. The van der Waals surface area contributed by atoms with Gasteiger partial charge in [0.05, 0.1) is 12.2 Å². The third-order valence-corrected chi connectivity index (χ3v) is 4.10. The monoisotopic (exact) mass is 336 g/mol.